The van der Waals surface area contributed by atoms with Gasteiger partial charge in [-0.2, -0.15) is 11.0 Å². The molecule has 0 saturated heterocycles. The van der Waals surface area contributed by atoms with Gasteiger partial charge in [-0.15, -0.1) is 0 Å². The number of hydrogen-bond donors (Lipinski definition) is 0. The zero-order chi connectivity index (χ0) is 4.28. The Morgan fingerprint density at radius 3 is 1.57 bits per heavy atom. The molecule has 0 radical (unpaired) electrons. The Bertz CT molecular complexity index is 24.9. The summed E-state index contributed by atoms with van der Waals surface area (Å²) < 4.78 is 0. The molecule has 1 atom stereocenters. The molecule has 0 spiro atoms. The zero-order valence-electron chi connectivity index (χ0n) is 5.10. The molecule has 0 bridgehead atoms. The number of rotatable bonds is 1. The van der Waals surface area contributed by atoms with E-state index in [-0.39, 0.29) is 64.4 Å². The summed E-state index contributed by atoms with van der Waals surface area (Å²) in [7, 11) is 0. The Morgan fingerprint density at radius 2 is 1.57 bits per heavy atom. The van der Waals surface area contributed by atoms with E-state index in [1.807, 2.05) is 6.92 Å². The van der Waals surface area contributed by atoms with Crippen LogP contribution in [0.4, 0.5) is 0 Å². The smallest absolute Gasteiger partial charge is 0.794 e. The average molecular weight is 152 g/mol. The van der Waals surface area contributed by atoms with E-state index in [4.69, 9.17) is 0 Å². The van der Waals surface area contributed by atoms with E-state index < -0.39 is 0 Å². The van der Waals surface area contributed by atoms with Crippen molar-refractivity contribution in [3.8, 4) is 0 Å². The molecule has 0 N–H and O–H groups in total. The Hall–Kier alpha value is 2.70. The van der Waals surface area contributed by atoms with Crippen LogP contribution in [0.5, 0.6) is 0 Å². The molecular formula is C3H6Na2S2. The molecule has 7 heavy (non-hydrogen) atoms. The molecular weight excluding hydrogens is 146 g/mol. The molecule has 0 heterocycles. The van der Waals surface area contributed by atoms with Crippen LogP contribution >= 0.6 is 0 Å². The average Bonchev–Trinajstić information content (AvgIpc) is 1.38. The molecule has 0 nitrogen and oxygen atoms in total. The second kappa shape index (κ2) is 11.5. The summed E-state index contributed by atoms with van der Waals surface area (Å²) in [6.07, 6.45) is 0. The fourth-order valence-corrected chi connectivity index (χ4v) is 0. The SMILES string of the molecule is CC([S-])C[S-].[Na+].[Na+]. The number of hydrogen-bond acceptors (Lipinski definition) is 2. The van der Waals surface area contributed by atoms with E-state index in [0.717, 1.165) is 0 Å². The summed E-state index contributed by atoms with van der Waals surface area (Å²) >= 11 is 9.25. The van der Waals surface area contributed by atoms with Crippen molar-refractivity contribution in [3.05, 3.63) is 0 Å². The van der Waals surface area contributed by atoms with Crippen LogP contribution in [0.25, 0.3) is 0 Å². The van der Waals surface area contributed by atoms with E-state index >= 15 is 0 Å². The summed E-state index contributed by atoms with van der Waals surface area (Å²) in [6.45, 7) is 1.93. The first-order chi connectivity index (χ1) is 2.27. The Labute approximate surface area is 101 Å². The van der Waals surface area contributed by atoms with Crippen molar-refractivity contribution in [1.82, 2.24) is 0 Å². The van der Waals surface area contributed by atoms with E-state index in [9.17, 15) is 0 Å². The first-order valence-corrected chi connectivity index (χ1v) is 2.56. The third kappa shape index (κ3) is 17.7. The van der Waals surface area contributed by atoms with Crippen molar-refractivity contribution in [2.24, 2.45) is 0 Å². The Morgan fingerprint density at radius 1 is 1.43 bits per heavy atom. The minimum absolute atomic E-state index is 0. The Kier molecular flexibility index (Phi) is 26.8. The molecule has 0 amide bonds. The van der Waals surface area contributed by atoms with E-state index in [0.29, 0.717) is 5.75 Å². The van der Waals surface area contributed by atoms with E-state index in [1.165, 1.54) is 0 Å². The molecule has 0 rings (SSSR count). The maximum atomic E-state index is 4.68. The van der Waals surface area contributed by atoms with Crippen LogP contribution in [-0.2, 0) is 25.3 Å². The minimum Gasteiger partial charge on any atom is -0.794 e. The molecule has 0 saturated carbocycles. The molecule has 0 aliphatic heterocycles. The van der Waals surface area contributed by atoms with Gasteiger partial charge in [0.1, 0.15) is 0 Å². The first kappa shape index (κ1) is 16.4. The molecule has 0 aromatic rings. The van der Waals surface area contributed by atoms with Crippen molar-refractivity contribution in [1.29, 1.82) is 0 Å². The third-order valence-electron chi connectivity index (χ3n) is 0.235. The van der Waals surface area contributed by atoms with Gasteiger partial charge in [-0.1, -0.05) is 6.92 Å². The van der Waals surface area contributed by atoms with E-state index in [1.54, 1.807) is 0 Å². The first-order valence-electron chi connectivity index (χ1n) is 1.51. The van der Waals surface area contributed by atoms with Gasteiger partial charge >= 0.3 is 59.1 Å². The summed E-state index contributed by atoms with van der Waals surface area (Å²) in [5.74, 6) is 0.704. The quantitative estimate of drug-likeness (QED) is 0.271. The van der Waals surface area contributed by atoms with Crippen molar-refractivity contribution >= 4 is 25.3 Å². The molecule has 32 valence electrons. The second-order valence-corrected chi connectivity index (χ2v) is 2.12. The second-order valence-electron chi connectivity index (χ2n) is 0.977. The van der Waals surface area contributed by atoms with Crippen molar-refractivity contribution < 1.29 is 59.1 Å². The molecule has 0 fully saturated rings. The third-order valence-corrected chi connectivity index (χ3v) is 1.11. The van der Waals surface area contributed by atoms with Gasteiger partial charge in [0.15, 0.2) is 0 Å². The topological polar surface area (TPSA) is 0 Å². The normalized spacial score (nSPS) is 10.7. The molecule has 0 aliphatic carbocycles. The minimum atomic E-state index is 0. The summed E-state index contributed by atoms with van der Waals surface area (Å²) in [6, 6.07) is 0. The molecule has 0 aromatic carbocycles. The predicted octanol–water partition coefficient (Wildman–Crippen LogP) is -5.52. The summed E-state index contributed by atoms with van der Waals surface area (Å²) in [4.78, 5) is 0. The van der Waals surface area contributed by atoms with Crippen LogP contribution in [0.15, 0.2) is 0 Å². The van der Waals surface area contributed by atoms with Crippen molar-refractivity contribution in [2.75, 3.05) is 5.75 Å². The largest absolute Gasteiger partial charge is 1.00 e. The summed E-state index contributed by atoms with van der Waals surface area (Å²) in [5.41, 5.74) is 0. The monoisotopic (exact) mass is 152 g/mol. The van der Waals surface area contributed by atoms with Crippen molar-refractivity contribution in [3.63, 3.8) is 0 Å². The Balaban J connectivity index is -0.0000000800. The van der Waals surface area contributed by atoms with Crippen LogP contribution in [-0.4, -0.2) is 11.0 Å². The van der Waals surface area contributed by atoms with E-state index in [2.05, 4.69) is 25.3 Å². The van der Waals surface area contributed by atoms with Gasteiger partial charge in [-0.05, 0) is 0 Å². The standard InChI is InChI=1S/C3H8S2.2Na/c1-3(5)2-4;;/h3-5H,2H2,1H3;;/q;2*+1/p-2. The van der Waals surface area contributed by atoms with Crippen molar-refractivity contribution in [2.45, 2.75) is 12.2 Å². The maximum Gasteiger partial charge on any atom is 1.00 e. The van der Waals surface area contributed by atoms with Gasteiger partial charge in [0.25, 0.3) is 0 Å². The molecule has 0 aliphatic rings. The predicted molar refractivity (Wildman–Crippen MR) is 29.1 cm³/mol. The van der Waals surface area contributed by atoms with Gasteiger partial charge < -0.3 is 25.3 Å². The van der Waals surface area contributed by atoms with Crippen LogP contribution in [0, 0.1) is 0 Å². The van der Waals surface area contributed by atoms with Crippen LogP contribution in [0.2, 0.25) is 0 Å². The van der Waals surface area contributed by atoms with Gasteiger partial charge in [-0.25, -0.2) is 0 Å². The summed E-state index contributed by atoms with van der Waals surface area (Å²) in [5, 5.41) is 0.282. The van der Waals surface area contributed by atoms with Crippen LogP contribution < -0.4 is 59.1 Å². The maximum absolute atomic E-state index is 4.68. The van der Waals surface area contributed by atoms with Gasteiger partial charge in [0.2, 0.25) is 0 Å². The van der Waals surface area contributed by atoms with Crippen LogP contribution in [0.3, 0.4) is 0 Å². The molecule has 4 heteroatoms. The van der Waals surface area contributed by atoms with Crippen LogP contribution in [0.1, 0.15) is 6.92 Å². The fraction of sp³-hybridized carbons (Fsp3) is 1.00. The van der Waals surface area contributed by atoms with Gasteiger partial charge in [0.05, 0.1) is 0 Å². The molecule has 0 aromatic heterocycles. The van der Waals surface area contributed by atoms with Gasteiger partial charge in [0, 0.05) is 0 Å². The zero-order valence-corrected chi connectivity index (χ0v) is 10.7. The van der Waals surface area contributed by atoms with Gasteiger partial charge in [-0.3, -0.25) is 0 Å². The fourth-order valence-electron chi connectivity index (χ4n) is 0. The molecule has 1 unspecified atom stereocenters.